The number of halogens is 1. The van der Waals surface area contributed by atoms with Gasteiger partial charge in [0.2, 0.25) is 0 Å². The van der Waals surface area contributed by atoms with Crippen LogP contribution in [-0.4, -0.2) is 9.55 Å². The third kappa shape index (κ3) is 2.32. The second-order valence-electron chi connectivity index (χ2n) is 5.39. The molecule has 0 aliphatic heterocycles. The number of hydrogen-bond acceptors (Lipinski definition) is 1. The maximum atomic E-state index is 4.87. The molecule has 4 rings (SSSR count). The van der Waals surface area contributed by atoms with Crippen molar-refractivity contribution in [1.82, 2.24) is 9.55 Å². The van der Waals surface area contributed by atoms with E-state index in [1.165, 1.54) is 11.2 Å². The maximum Gasteiger partial charge on any atom is 0.145 e. The Balaban J connectivity index is 1.99. The minimum atomic E-state index is 1.01. The molecular weight excluding hydrogens is 336 g/mol. The molecule has 0 radical (unpaired) electrons. The summed E-state index contributed by atoms with van der Waals surface area (Å²) < 4.78 is 3.38. The Labute approximate surface area is 137 Å². The van der Waals surface area contributed by atoms with E-state index < -0.39 is 0 Å². The zero-order valence-corrected chi connectivity index (χ0v) is 13.6. The molecule has 0 atom stereocenters. The van der Waals surface area contributed by atoms with Crippen molar-refractivity contribution in [3.63, 3.8) is 0 Å². The molecule has 0 N–H and O–H groups in total. The highest BCUT2D eigenvalue weighted by molar-refractivity contribution is 9.10. The minimum absolute atomic E-state index is 1.01. The van der Waals surface area contributed by atoms with Crippen LogP contribution in [0.1, 0.15) is 12.8 Å². The summed E-state index contributed by atoms with van der Waals surface area (Å²) >= 11 is 3.50. The van der Waals surface area contributed by atoms with E-state index in [9.17, 15) is 0 Å². The number of para-hydroxylation sites is 2. The van der Waals surface area contributed by atoms with Crippen LogP contribution in [0.15, 0.2) is 71.2 Å². The topological polar surface area (TPSA) is 17.8 Å². The lowest BCUT2D eigenvalue weighted by Crippen LogP contribution is -2.01. The van der Waals surface area contributed by atoms with Gasteiger partial charge in [-0.2, -0.15) is 0 Å². The van der Waals surface area contributed by atoms with Crippen molar-refractivity contribution in [2.24, 2.45) is 0 Å². The zero-order chi connectivity index (χ0) is 14.9. The van der Waals surface area contributed by atoms with Gasteiger partial charge in [-0.25, -0.2) is 4.98 Å². The third-order valence-electron chi connectivity index (χ3n) is 3.94. The first kappa shape index (κ1) is 13.5. The standard InChI is InChI=1S/C19H15BrN2/c20-15-12-10-14(11-13-15)19-21-17-8-4-5-9-18(17)22(19)16-6-2-1-3-7-16/h1-2,4-6,8-13H,3,7H2. The highest BCUT2D eigenvalue weighted by Gasteiger charge is 2.15. The van der Waals surface area contributed by atoms with Crippen molar-refractivity contribution < 1.29 is 0 Å². The molecule has 3 aromatic rings. The van der Waals surface area contributed by atoms with E-state index in [-0.39, 0.29) is 0 Å². The molecule has 1 aliphatic rings. The van der Waals surface area contributed by atoms with Crippen LogP contribution in [0.3, 0.4) is 0 Å². The lowest BCUT2D eigenvalue weighted by molar-refractivity contribution is 0.960. The Bertz CT molecular complexity index is 885. The van der Waals surface area contributed by atoms with E-state index in [4.69, 9.17) is 4.98 Å². The van der Waals surface area contributed by atoms with Gasteiger partial charge in [-0.15, -0.1) is 0 Å². The van der Waals surface area contributed by atoms with Gasteiger partial charge < -0.3 is 0 Å². The van der Waals surface area contributed by atoms with Crippen molar-refractivity contribution in [2.75, 3.05) is 0 Å². The molecule has 1 aliphatic carbocycles. The summed E-state index contributed by atoms with van der Waals surface area (Å²) in [6.45, 7) is 0. The lowest BCUT2D eigenvalue weighted by Gasteiger charge is -2.15. The summed E-state index contributed by atoms with van der Waals surface area (Å²) in [4.78, 5) is 4.87. The van der Waals surface area contributed by atoms with Crippen LogP contribution in [0.4, 0.5) is 0 Å². The molecule has 2 aromatic carbocycles. The van der Waals surface area contributed by atoms with Gasteiger partial charge in [0.25, 0.3) is 0 Å². The molecule has 0 saturated heterocycles. The minimum Gasteiger partial charge on any atom is -0.296 e. The van der Waals surface area contributed by atoms with Crippen LogP contribution >= 0.6 is 15.9 Å². The van der Waals surface area contributed by atoms with Crippen LogP contribution in [0.5, 0.6) is 0 Å². The Morgan fingerprint density at radius 2 is 1.82 bits per heavy atom. The van der Waals surface area contributed by atoms with Crippen molar-refractivity contribution >= 4 is 32.7 Å². The van der Waals surface area contributed by atoms with E-state index in [0.29, 0.717) is 0 Å². The fourth-order valence-corrected chi connectivity index (χ4v) is 3.15. The molecule has 0 unspecified atom stereocenters. The van der Waals surface area contributed by atoms with Crippen LogP contribution < -0.4 is 0 Å². The Morgan fingerprint density at radius 3 is 2.59 bits per heavy atom. The Kier molecular flexibility index (Phi) is 3.43. The van der Waals surface area contributed by atoms with Gasteiger partial charge in [0.15, 0.2) is 0 Å². The number of aromatic nitrogens is 2. The van der Waals surface area contributed by atoms with Gasteiger partial charge in [0.1, 0.15) is 5.82 Å². The number of hydrogen-bond donors (Lipinski definition) is 0. The van der Waals surface area contributed by atoms with E-state index in [0.717, 1.165) is 34.2 Å². The molecule has 0 amide bonds. The highest BCUT2D eigenvalue weighted by atomic mass is 79.9. The predicted octanol–water partition coefficient (Wildman–Crippen LogP) is 5.66. The monoisotopic (exact) mass is 350 g/mol. The van der Waals surface area contributed by atoms with Crippen LogP contribution in [-0.2, 0) is 0 Å². The van der Waals surface area contributed by atoms with Crippen molar-refractivity contribution in [2.45, 2.75) is 12.8 Å². The van der Waals surface area contributed by atoms with Crippen LogP contribution in [0.2, 0.25) is 0 Å². The van der Waals surface area contributed by atoms with Crippen molar-refractivity contribution in [1.29, 1.82) is 0 Å². The first-order chi connectivity index (χ1) is 10.8. The van der Waals surface area contributed by atoms with Gasteiger partial charge in [-0.3, -0.25) is 4.57 Å². The number of imidazole rings is 1. The average molecular weight is 351 g/mol. The fourth-order valence-electron chi connectivity index (χ4n) is 2.89. The molecule has 22 heavy (non-hydrogen) atoms. The van der Waals surface area contributed by atoms with E-state index >= 15 is 0 Å². The Hall–Kier alpha value is -2.13. The molecule has 3 heteroatoms. The highest BCUT2D eigenvalue weighted by Crippen LogP contribution is 2.31. The van der Waals surface area contributed by atoms with E-state index in [2.05, 4.69) is 81.2 Å². The molecule has 0 bridgehead atoms. The third-order valence-corrected chi connectivity index (χ3v) is 4.47. The SMILES string of the molecule is Brc1ccc(-c2nc3ccccc3n2C2=CC=CCC2)cc1. The van der Waals surface area contributed by atoms with E-state index in [1.54, 1.807) is 0 Å². The summed E-state index contributed by atoms with van der Waals surface area (Å²) in [7, 11) is 0. The first-order valence-electron chi connectivity index (χ1n) is 7.42. The molecule has 0 fully saturated rings. The van der Waals surface area contributed by atoms with Gasteiger partial charge >= 0.3 is 0 Å². The van der Waals surface area contributed by atoms with Crippen molar-refractivity contribution in [3.05, 3.63) is 71.2 Å². The van der Waals surface area contributed by atoms with Gasteiger partial charge in [0.05, 0.1) is 11.0 Å². The summed E-state index contributed by atoms with van der Waals surface area (Å²) in [6.07, 6.45) is 8.67. The van der Waals surface area contributed by atoms with Gasteiger partial charge in [-0.05, 0) is 43.2 Å². The summed E-state index contributed by atoms with van der Waals surface area (Å²) in [6, 6.07) is 16.7. The van der Waals surface area contributed by atoms with Crippen LogP contribution in [0, 0.1) is 0 Å². The molecule has 2 nitrogen and oxygen atoms in total. The fraction of sp³-hybridized carbons (Fsp3) is 0.105. The van der Waals surface area contributed by atoms with Crippen LogP contribution in [0.25, 0.3) is 28.1 Å². The Morgan fingerprint density at radius 1 is 1.00 bits per heavy atom. The number of rotatable bonds is 2. The average Bonchev–Trinajstić information content (AvgIpc) is 2.96. The largest absolute Gasteiger partial charge is 0.296 e. The number of fused-ring (bicyclic) bond motifs is 1. The number of nitrogens with zero attached hydrogens (tertiary/aromatic N) is 2. The predicted molar refractivity (Wildman–Crippen MR) is 95.5 cm³/mol. The molecule has 0 spiro atoms. The summed E-state index contributed by atoms with van der Waals surface area (Å²) in [5.41, 5.74) is 4.64. The maximum absolute atomic E-state index is 4.87. The lowest BCUT2D eigenvalue weighted by atomic mass is 10.1. The smallest absolute Gasteiger partial charge is 0.145 e. The molecule has 1 heterocycles. The van der Waals surface area contributed by atoms with E-state index in [1.807, 2.05) is 6.07 Å². The molecule has 0 saturated carbocycles. The van der Waals surface area contributed by atoms with Gasteiger partial charge in [-0.1, -0.05) is 52.3 Å². The molecular formula is C19H15BrN2. The molecule has 108 valence electrons. The van der Waals surface area contributed by atoms with Gasteiger partial charge in [0, 0.05) is 15.7 Å². The second-order valence-corrected chi connectivity index (χ2v) is 6.31. The summed E-state index contributed by atoms with van der Waals surface area (Å²) in [5.74, 6) is 1.01. The quantitative estimate of drug-likeness (QED) is 0.583. The normalized spacial score (nSPS) is 14.3. The first-order valence-corrected chi connectivity index (χ1v) is 8.22. The molecule has 1 aromatic heterocycles. The number of benzene rings is 2. The summed E-state index contributed by atoms with van der Waals surface area (Å²) in [5, 5.41) is 0. The zero-order valence-electron chi connectivity index (χ0n) is 12.0. The second kappa shape index (κ2) is 5.58. The number of allylic oxidation sites excluding steroid dienone is 4. The van der Waals surface area contributed by atoms with Crippen molar-refractivity contribution in [3.8, 4) is 11.4 Å².